The van der Waals surface area contributed by atoms with E-state index in [-0.39, 0.29) is 16.7 Å². The van der Waals surface area contributed by atoms with Crippen LogP contribution in [0.15, 0.2) is 57.8 Å². The smallest absolute Gasteiger partial charge is 0.289 e. The van der Waals surface area contributed by atoms with Crippen LogP contribution >= 0.6 is 11.6 Å². The molecule has 0 aliphatic carbocycles. The Labute approximate surface area is 180 Å². The molecule has 1 fully saturated rings. The van der Waals surface area contributed by atoms with Crippen molar-refractivity contribution < 1.29 is 17.6 Å². The number of carbonyl (C=O) groups excluding carboxylic acids is 1. The zero-order valence-electron chi connectivity index (χ0n) is 16.6. The Kier molecular flexibility index (Phi) is 5.86. The van der Waals surface area contributed by atoms with Crippen molar-refractivity contribution in [3.63, 3.8) is 0 Å². The number of furan rings is 1. The van der Waals surface area contributed by atoms with Crippen LogP contribution in [0.3, 0.4) is 0 Å². The average molecular weight is 447 g/mol. The summed E-state index contributed by atoms with van der Waals surface area (Å²) in [6, 6.07) is 14.1. The molecule has 1 saturated heterocycles. The molecule has 158 valence electrons. The molecule has 0 unspecified atom stereocenters. The number of hydrogen-bond donors (Lipinski definition) is 1. The van der Waals surface area contributed by atoms with Gasteiger partial charge in [-0.15, -0.1) is 0 Å². The summed E-state index contributed by atoms with van der Waals surface area (Å²) in [7, 11) is -3.63. The Morgan fingerprint density at radius 2 is 1.90 bits per heavy atom. The first-order valence-corrected chi connectivity index (χ1v) is 11.7. The summed E-state index contributed by atoms with van der Waals surface area (Å²) < 4.78 is 33.7. The number of sulfonamides is 1. The summed E-state index contributed by atoms with van der Waals surface area (Å²) in [6.07, 6.45) is 1.45. The highest BCUT2D eigenvalue weighted by Gasteiger charge is 2.27. The van der Waals surface area contributed by atoms with E-state index >= 15 is 0 Å². The fraction of sp³-hybridized carbons (Fsp3) is 0.318. The number of hydrogen-bond acceptors (Lipinski definition) is 4. The molecule has 2 aromatic carbocycles. The van der Waals surface area contributed by atoms with Crippen molar-refractivity contribution in [3.05, 3.63) is 64.9 Å². The minimum Gasteiger partial charge on any atom is -0.451 e. The van der Waals surface area contributed by atoms with Gasteiger partial charge >= 0.3 is 0 Å². The highest BCUT2D eigenvalue weighted by Crippen LogP contribution is 2.24. The van der Waals surface area contributed by atoms with Gasteiger partial charge in [0.05, 0.1) is 4.90 Å². The molecule has 2 heterocycles. The van der Waals surface area contributed by atoms with Gasteiger partial charge in [-0.3, -0.25) is 4.79 Å². The first-order chi connectivity index (χ1) is 14.3. The summed E-state index contributed by atoms with van der Waals surface area (Å²) >= 11 is 5.96. The molecule has 4 rings (SSSR count). The number of likely N-dealkylation sites (tertiary alicyclic amines) is 1. The largest absolute Gasteiger partial charge is 0.451 e. The predicted molar refractivity (Wildman–Crippen MR) is 116 cm³/mol. The fourth-order valence-electron chi connectivity index (χ4n) is 3.75. The Bertz CT molecular complexity index is 1150. The van der Waals surface area contributed by atoms with Crippen LogP contribution in [0.5, 0.6) is 0 Å². The molecule has 8 heteroatoms. The van der Waals surface area contributed by atoms with Crippen molar-refractivity contribution in [2.24, 2.45) is 5.92 Å². The molecular formula is C22H23ClN2O4S. The number of nitrogens with one attached hydrogen (secondary N) is 1. The van der Waals surface area contributed by atoms with Gasteiger partial charge in [-0.1, -0.05) is 35.9 Å². The Morgan fingerprint density at radius 1 is 1.17 bits per heavy atom. The molecule has 0 radical (unpaired) electrons. The lowest BCUT2D eigenvalue weighted by Crippen LogP contribution is -2.41. The van der Waals surface area contributed by atoms with Crippen LogP contribution < -0.4 is 4.72 Å². The lowest BCUT2D eigenvalue weighted by atomic mass is 9.97. The van der Waals surface area contributed by atoms with Gasteiger partial charge in [0, 0.05) is 30.0 Å². The topological polar surface area (TPSA) is 79.6 Å². The molecule has 3 aromatic rings. The summed E-state index contributed by atoms with van der Waals surface area (Å²) in [5.41, 5.74) is 1.35. The molecule has 1 amide bonds. The minimum absolute atomic E-state index is 0.125. The first kappa shape index (κ1) is 20.9. The van der Waals surface area contributed by atoms with Crippen LogP contribution in [0.2, 0.25) is 5.02 Å². The van der Waals surface area contributed by atoms with Crippen molar-refractivity contribution in [3.8, 4) is 0 Å². The maximum Gasteiger partial charge on any atom is 0.289 e. The Morgan fingerprint density at radius 3 is 2.63 bits per heavy atom. The second kappa shape index (κ2) is 8.41. The van der Waals surface area contributed by atoms with Gasteiger partial charge in [-0.25, -0.2) is 13.1 Å². The van der Waals surface area contributed by atoms with Gasteiger partial charge in [0.1, 0.15) is 5.58 Å². The number of nitrogens with zero attached hydrogens (tertiary/aromatic N) is 1. The zero-order valence-corrected chi connectivity index (χ0v) is 18.2. The SMILES string of the molecule is Cc1ccc(Cl)cc1S(=O)(=O)NCC1CCN(C(=O)c2cc3ccccc3o2)CC1. The second-order valence-corrected chi connectivity index (χ2v) is 9.82. The van der Waals surface area contributed by atoms with Crippen molar-refractivity contribution in [1.29, 1.82) is 0 Å². The molecular weight excluding hydrogens is 424 g/mol. The van der Waals surface area contributed by atoms with E-state index in [9.17, 15) is 13.2 Å². The molecule has 0 saturated carbocycles. The standard InChI is InChI=1S/C22H23ClN2O4S/c1-15-6-7-18(23)13-21(15)30(27,28)24-14-16-8-10-25(11-9-16)22(26)20-12-17-4-2-3-5-19(17)29-20/h2-7,12-13,16,24H,8-11,14H2,1H3. The van der Waals surface area contributed by atoms with Crippen molar-refractivity contribution in [1.82, 2.24) is 9.62 Å². The minimum atomic E-state index is -3.63. The number of benzene rings is 2. The van der Waals surface area contributed by atoms with Crippen LogP contribution in [0, 0.1) is 12.8 Å². The highest BCUT2D eigenvalue weighted by molar-refractivity contribution is 7.89. The Hall–Kier alpha value is -2.35. The number of piperidine rings is 1. The monoisotopic (exact) mass is 446 g/mol. The molecule has 30 heavy (non-hydrogen) atoms. The van der Waals surface area contributed by atoms with E-state index in [2.05, 4.69) is 4.72 Å². The molecule has 1 aliphatic rings. The summed E-state index contributed by atoms with van der Waals surface area (Å²) in [5.74, 6) is 0.380. The summed E-state index contributed by atoms with van der Waals surface area (Å²) in [6.45, 7) is 3.21. The summed E-state index contributed by atoms with van der Waals surface area (Å²) in [5, 5.41) is 1.29. The molecule has 1 aliphatic heterocycles. The molecule has 1 N–H and O–H groups in total. The lowest BCUT2D eigenvalue weighted by Gasteiger charge is -2.31. The molecule has 0 bridgehead atoms. The number of rotatable bonds is 5. The number of para-hydroxylation sites is 1. The van der Waals surface area contributed by atoms with Gasteiger partial charge in [0.25, 0.3) is 5.91 Å². The Balaban J connectivity index is 1.34. The quantitative estimate of drug-likeness (QED) is 0.636. The van der Waals surface area contributed by atoms with E-state index in [0.29, 0.717) is 41.6 Å². The van der Waals surface area contributed by atoms with Gasteiger partial charge in [-0.05, 0) is 55.5 Å². The van der Waals surface area contributed by atoms with E-state index in [4.69, 9.17) is 16.0 Å². The number of carbonyl (C=O) groups is 1. The van der Waals surface area contributed by atoms with E-state index < -0.39 is 10.0 Å². The second-order valence-electron chi connectivity index (χ2n) is 7.65. The number of aryl methyl sites for hydroxylation is 1. The van der Waals surface area contributed by atoms with Crippen LogP contribution in [0.4, 0.5) is 0 Å². The average Bonchev–Trinajstić information content (AvgIpc) is 3.18. The maximum atomic E-state index is 12.8. The zero-order chi connectivity index (χ0) is 21.3. The third-order valence-electron chi connectivity index (χ3n) is 5.54. The highest BCUT2D eigenvalue weighted by atomic mass is 35.5. The van der Waals surface area contributed by atoms with Crippen LogP contribution in [-0.4, -0.2) is 38.9 Å². The number of halogens is 1. The van der Waals surface area contributed by atoms with E-state index in [1.54, 1.807) is 30.0 Å². The fourth-order valence-corrected chi connectivity index (χ4v) is 5.37. The van der Waals surface area contributed by atoms with Crippen LogP contribution in [0.25, 0.3) is 11.0 Å². The maximum absolute atomic E-state index is 12.8. The van der Waals surface area contributed by atoms with Crippen LogP contribution in [-0.2, 0) is 10.0 Å². The van der Waals surface area contributed by atoms with Crippen molar-refractivity contribution >= 4 is 38.5 Å². The van der Waals surface area contributed by atoms with Gasteiger partial charge < -0.3 is 9.32 Å². The molecule has 0 spiro atoms. The van der Waals surface area contributed by atoms with Gasteiger partial charge in [-0.2, -0.15) is 0 Å². The van der Waals surface area contributed by atoms with E-state index in [1.165, 1.54) is 6.07 Å². The summed E-state index contributed by atoms with van der Waals surface area (Å²) in [4.78, 5) is 14.7. The number of amides is 1. The van der Waals surface area contributed by atoms with E-state index in [1.807, 2.05) is 24.3 Å². The number of fused-ring (bicyclic) bond motifs is 1. The molecule has 6 nitrogen and oxygen atoms in total. The first-order valence-electron chi connectivity index (χ1n) is 9.87. The van der Waals surface area contributed by atoms with Gasteiger partial charge in [0.15, 0.2) is 5.76 Å². The third-order valence-corrected chi connectivity index (χ3v) is 7.34. The van der Waals surface area contributed by atoms with Crippen LogP contribution in [0.1, 0.15) is 29.0 Å². The van der Waals surface area contributed by atoms with Crippen molar-refractivity contribution in [2.75, 3.05) is 19.6 Å². The predicted octanol–water partition coefficient (Wildman–Crippen LogP) is 4.23. The van der Waals surface area contributed by atoms with E-state index in [0.717, 1.165) is 18.2 Å². The third kappa shape index (κ3) is 4.38. The van der Waals surface area contributed by atoms with Gasteiger partial charge in [0.2, 0.25) is 10.0 Å². The molecule has 0 atom stereocenters. The lowest BCUT2D eigenvalue weighted by molar-refractivity contribution is 0.0662. The normalized spacial score (nSPS) is 15.6. The van der Waals surface area contributed by atoms with Crippen molar-refractivity contribution in [2.45, 2.75) is 24.7 Å². The molecule has 1 aromatic heterocycles.